The third-order valence-electron chi connectivity index (χ3n) is 3.09. The average Bonchev–Trinajstić information content (AvgIpc) is 2.95. The highest BCUT2D eigenvalue weighted by molar-refractivity contribution is 6.30. The summed E-state index contributed by atoms with van der Waals surface area (Å²) in [7, 11) is 0. The zero-order valence-electron chi connectivity index (χ0n) is 11.0. The SMILES string of the molecule is Clc1cccc(OCc2nc(N3CCNCC3)n[nH]2)c1. The molecular formula is C13H16ClN5O. The number of anilines is 1. The van der Waals surface area contributed by atoms with Gasteiger partial charge < -0.3 is 15.0 Å². The van der Waals surface area contributed by atoms with E-state index >= 15 is 0 Å². The summed E-state index contributed by atoms with van der Waals surface area (Å²) in [6.45, 7) is 4.12. The van der Waals surface area contributed by atoms with E-state index in [1.54, 1.807) is 6.07 Å². The van der Waals surface area contributed by atoms with Gasteiger partial charge in [-0.2, -0.15) is 4.98 Å². The summed E-state index contributed by atoms with van der Waals surface area (Å²) in [5.41, 5.74) is 0. The van der Waals surface area contributed by atoms with Crippen LogP contribution in [-0.2, 0) is 6.61 Å². The van der Waals surface area contributed by atoms with Crippen LogP contribution in [0.5, 0.6) is 5.75 Å². The Balaban J connectivity index is 1.59. The predicted molar refractivity (Wildman–Crippen MR) is 77.2 cm³/mol. The fourth-order valence-electron chi connectivity index (χ4n) is 2.06. The summed E-state index contributed by atoms with van der Waals surface area (Å²) < 4.78 is 5.62. The molecule has 0 atom stereocenters. The van der Waals surface area contributed by atoms with E-state index in [-0.39, 0.29) is 0 Å². The number of aromatic nitrogens is 3. The highest BCUT2D eigenvalue weighted by Gasteiger charge is 2.14. The second-order valence-electron chi connectivity index (χ2n) is 4.57. The molecule has 1 saturated heterocycles. The standard InChI is InChI=1S/C13H16ClN5O/c14-10-2-1-3-11(8-10)20-9-12-16-13(18-17-12)19-6-4-15-5-7-19/h1-3,8,15H,4-7,9H2,(H,16,17,18). The van der Waals surface area contributed by atoms with E-state index in [4.69, 9.17) is 16.3 Å². The number of benzene rings is 1. The first-order valence-corrected chi connectivity index (χ1v) is 6.94. The van der Waals surface area contributed by atoms with Crippen molar-refractivity contribution in [2.24, 2.45) is 0 Å². The van der Waals surface area contributed by atoms with Crippen molar-refractivity contribution in [3.63, 3.8) is 0 Å². The van der Waals surface area contributed by atoms with Gasteiger partial charge in [0.2, 0.25) is 5.95 Å². The van der Waals surface area contributed by atoms with Crippen molar-refractivity contribution in [3.8, 4) is 5.75 Å². The van der Waals surface area contributed by atoms with Crippen LogP contribution >= 0.6 is 11.6 Å². The Morgan fingerprint density at radius 2 is 2.15 bits per heavy atom. The number of nitrogens with one attached hydrogen (secondary N) is 2. The normalized spacial score (nSPS) is 15.3. The van der Waals surface area contributed by atoms with Gasteiger partial charge in [-0.25, -0.2) is 0 Å². The van der Waals surface area contributed by atoms with E-state index in [0.717, 1.165) is 37.9 Å². The lowest BCUT2D eigenvalue weighted by Gasteiger charge is -2.25. The molecule has 1 aromatic heterocycles. The molecule has 1 aromatic carbocycles. The maximum absolute atomic E-state index is 5.90. The molecular weight excluding hydrogens is 278 g/mol. The summed E-state index contributed by atoms with van der Waals surface area (Å²) in [6.07, 6.45) is 0. The molecule has 2 aromatic rings. The van der Waals surface area contributed by atoms with Crippen LogP contribution in [0.3, 0.4) is 0 Å². The first-order chi connectivity index (χ1) is 9.81. The number of nitrogens with zero attached hydrogens (tertiary/aromatic N) is 3. The summed E-state index contributed by atoms with van der Waals surface area (Å²) in [6, 6.07) is 7.30. The van der Waals surface area contributed by atoms with Crippen LogP contribution in [0.2, 0.25) is 5.02 Å². The number of halogens is 1. The van der Waals surface area contributed by atoms with Crippen molar-refractivity contribution in [1.29, 1.82) is 0 Å². The van der Waals surface area contributed by atoms with Gasteiger partial charge in [0.25, 0.3) is 0 Å². The Kier molecular flexibility index (Phi) is 4.03. The van der Waals surface area contributed by atoms with E-state index in [1.165, 1.54) is 0 Å². The number of ether oxygens (including phenoxy) is 1. The van der Waals surface area contributed by atoms with Gasteiger partial charge in [-0.1, -0.05) is 17.7 Å². The molecule has 0 unspecified atom stereocenters. The van der Waals surface area contributed by atoms with Crippen molar-refractivity contribution >= 4 is 17.5 Å². The first-order valence-electron chi connectivity index (χ1n) is 6.56. The van der Waals surface area contributed by atoms with Crippen LogP contribution in [0, 0.1) is 0 Å². The van der Waals surface area contributed by atoms with Gasteiger partial charge in [-0.05, 0) is 18.2 Å². The average molecular weight is 294 g/mol. The van der Waals surface area contributed by atoms with Crippen molar-refractivity contribution < 1.29 is 4.74 Å². The summed E-state index contributed by atoms with van der Waals surface area (Å²) in [5, 5.41) is 11.1. The second-order valence-corrected chi connectivity index (χ2v) is 5.00. The smallest absolute Gasteiger partial charge is 0.244 e. The number of aromatic amines is 1. The van der Waals surface area contributed by atoms with Crippen molar-refractivity contribution in [2.45, 2.75) is 6.61 Å². The third kappa shape index (κ3) is 3.20. The molecule has 1 fully saturated rings. The van der Waals surface area contributed by atoms with Crippen LogP contribution in [-0.4, -0.2) is 41.4 Å². The van der Waals surface area contributed by atoms with Crippen molar-refractivity contribution in [1.82, 2.24) is 20.5 Å². The molecule has 2 heterocycles. The first kappa shape index (κ1) is 13.2. The lowest BCUT2D eigenvalue weighted by atomic mass is 10.3. The number of hydrogen-bond donors (Lipinski definition) is 2. The Bertz CT molecular complexity index is 567. The Morgan fingerprint density at radius 3 is 2.95 bits per heavy atom. The van der Waals surface area contributed by atoms with Crippen LogP contribution in [0.15, 0.2) is 24.3 Å². The second kappa shape index (κ2) is 6.11. The number of H-pyrrole nitrogens is 1. The summed E-state index contributed by atoms with van der Waals surface area (Å²) >= 11 is 5.90. The van der Waals surface area contributed by atoms with Gasteiger partial charge in [0.15, 0.2) is 5.82 Å². The molecule has 0 amide bonds. The quantitative estimate of drug-likeness (QED) is 0.893. The van der Waals surface area contributed by atoms with Crippen LogP contribution in [0.1, 0.15) is 5.82 Å². The highest BCUT2D eigenvalue weighted by atomic mass is 35.5. The van der Waals surface area contributed by atoms with E-state index in [1.807, 2.05) is 18.2 Å². The molecule has 7 heteroatoms. The largest absolute Gasteiger partial charge is 0.486 e. The lowest BCUT2D eigenvalue weighted by molar-refractivity contribution is 0.296. The molecule has 0 aliphatic carbocycles. The molecule has 0 spiro atoms. The van der Waals surface area contributed by atoms with Crippen molar-refractivity contribution in [3.05, 3.63) is 35.1 Å². The molecule has 2 N–H and O–H groups in total. The maximum Gasteiger partial charge on any atom is 0.244 e. The fourth-order valence-corrected chi connectivity index (χ4v) is 2.24. The maximum atomic E-state index is 5.90. The van der Waals surface area contributed by atoms with E-state index < -0.39 is 0 Å². The molecule has 1 aliphatic heterocycles. The Morgan fingerprint density at radius 1 is 1.30 bits per heavy atom. The van der Waals surface area contributed by atoms with Crippen LogP contribution < -0.4 is 15.0 Å². The molecule has 1 aliphatic rings. The Labute approximate surface area is 122 Å². The van der Waals surface area contributed by atoms with Gasteiger partial charge >= 0.3 is 0 Å². The molecule has 6 nitrogen and oxygen atoms in total. The minimum absolute atomic E-state index is 0.347. The van der Waals surface area contributed by atoms with Crippen LogP contribution in [0.25, 0.3) is 0 Å². The molecule has 20 heavy (non-hydrogen) atoms. The third-order valence-corrected chi connectivity index (χ3v) is 3.33. The highest BCUT2D eigenvalue weighted by Crippen LogP contribution is 2.18. The monoisotopic (exact) mass is 293 g/mol. The minimum Gasteiger partial charge on any atom is -0.486 e. The molecule has 0 saturated carbocycles. The zero-order valence-corrected chi connectivity index (χ0v) is 11.7. The van der Waals surface area contributed by atoms with E-state index in [2.05, 4.69) is 25.4 Å². The summed E-state index contributed by atoms with van der Waals surface area (Å²) in [4.78, 5) is 6.59. The molecule has 0 radical (unpaired) electrons. The fraction of sp³-hybridized carbons (Fsp3) is 0.385. The van der Waals surface area contributed by atoms with Gasteiger partial charge in [-0.15, -0.1) is 5.10 Å². The van der Waals surface area contributed by atoms with E-state index in [9.17, 15) is 0 Å². The minimum atomic E-state index is 0.347. The number of piperazine rings is 1. The predicted octanol–water partition coefficient (Wildman–Crippen LogP) is 1.45. The van der Waals surface area contributed by atoms with Crippen molar-refractivity contribution in [2.75, 3.05) is 31.1 Å². The van der Waals surface area contributed by atoms with Gasteiger partial charge in [0, 0.05) is 31.2 Å². The van der Waals surface area contributed by atoms with Crippen LogP contribution in [0.4, 0.5) is 5.95 Å². The Hall–Kier alpha value is -1.79. The molecule has 106 valence electrons. The number of hydrogen-bond acceptors (Lipinski definition) is 5. The summed E-state index contributed by atoms with van der Waals surface area (Å²) in [5.74, 6) is 2.16. The molecule has 0 bridgehead atoms. The number of rotatable bonds is 4. The van der Waals surface area contributed by atoms with Gasteiger partial charge in [-0.3, -0.25) is 5.10 Å². The van der Waals surface area contributed by atoms with E-state index in [0.29, 0.717) is 17.5 Å². The topological polar surface area (TPSA) is 66.1 Å². The van der Waals surface area contributed by atoms with Gasteiger partial charge in [0.1, 0.15) is 12.4 Å². The zero-order chi connectivity index (χ0) is 13.8. The molecule has 3 rings (SSSR count). The van der Waals surface area contributed by atoms with Gasteiger partial charge in [0.05, 0.1) is 0 Å². The lowest BCUT2D eigenvalue weighted by Crippen LogP contribution is -2.44.